The molecule has 0 spiro atoms. The number of halogens is 1. The average Bonchev–Trinajstić information content (AvgIpc) is 2.11. The van der Waals surface area contributed by atoms with E-state index in [4.69, 9.17) is 16.3 Å². The van der Waals surface area contributed by atoms with Crippen LogP contribution < -0.4 is 0 Å². The van der Waals surface area contributed by atoms with Gasteiger partial charge in [-0.3, -0.25) is 4.79 Å². The monoisotopic (exact) mass is 162 g/mol. The van der Waals surface area contributed by atoms with Crippen LogP contribution in [-0.4, -0.2) is 17.5 Å². The van der Waals surface area contributed by atoms with Gasteiger partial charge in [-0.05, 0) is 13.8 Å². The fourth-order valence-corrected chi connectivity index (χ4v) is 1.09. The SMILES string of the molecule is CC(C)(Cl)[C@@H]1COC(=O)C1. The van der Waals surface area contributed by atoms with Crippen molar-refractivity contribution in [2.45, 2.75) is 25.1 Å². The fraction of sp³-hybridized carbons (Fsp3) is 0.857. The lowest BCUT2D eigenvalue weighted by molar-refractivity contribution is -0.137. The minimum Gasteiger partial charge on any atom is -0.465 e. The van der Waals surface area contributed by atoms with Gasteiger partial charge >= 0.3 is 5.97 Å². The van der Waals surface area contributed by atoms with E-state index >= 15 is 0 Å². The maximum atomic E-state index is 10.6. The van der Waals surface area contributed by atoms with E-state index in [1.54, 1.807) is 0 Å². The number of rotatable bonds is 1. The topological polar surface area (TPSA) is 26.3 Å². The summed E-state index contributed by atoms with van der Waals surface area (Å²) >= 11 is 5.97. The summed E-state index contributed by atoms with van der Waals surface area (Å²) in [5.74, 6) is 0.0559. The number of esters is 1. The third kappa shape index (κ3) is 1.63. The number of hydrogen-bond acceptors (Lipinski definition) is 2. The van der Waals surface area contributed by atoms with Gasteiger partial charge in [-0.2, -0.15) is 0 Å². The Hall–Kier alpha value is -0.240. The lowest BCUT2D eigenvalue weighted by Crippen LogP contribution is -2.24. The molecule has 1 atom stereocenters. The van der Waals surface area contributed by atoms with E-state index in [0.717, 1.165) is 0 Å². The summed E-state index contributed by atoms with van der Waals surface area (Å²) in [4.78, 5) is 10.3. The Morgan fingerprint density at radius 1 is 1.70 bits per heavy atom. The van der Waals surface area contributed by atoms with E-state index in [1.807, 2.05) is 13.8 Å². The Labute approximate surface area is 65.5 Å². The molecule has 1 rings (SSSR count). The average molecular weight is 163 g/mol. The highest BCUT2D eigenvalue weighted by Crippen LogP contribution is 2.31. The molecule has 1 saturated heterocycles. The molecule has 0 aliphatic carbocycles. The second-order valence-corrected chi connectivity index (χ2v) is 4.12. The van der Waals surface area contributed by atoms with Crippen molar-refractivity contribution in [2.75, 3.05) is 6.61 Å². The highest BCUT2D eigenvalue weighted by Gasteiger charge is 2.35. The first-order valence-electron chi connectivity index (χ1n) is 3.34. The van der Waals surface area contributed by atoms with Crippen LogP contribution in [0.4, 0.5) is 0 Å². The van der Waals surface area contributed by atoms with Gasteiger partial charge in [-0.1, -0.05) is 0 Å². The standard InChI is InChI=1S/C7H11ClO2/c1-7(2,8)5-3-6(9)10-4-5/h5H,3-4H2,1-2H3/t5-/m0/s1. The summed E-state index contributed by atoms with van der Waals surface area (Å²) in [6.45, 7) is 4.29. The minimum absolute atomic E-state index is 0.126. The van der Waals surface area contributed by atoms with Gasteiger partial charge in [0, 0.05) is 10.8 Å². The molecule has 3 heteroatoms. The summed E-state index contributed by atoms with van der Waals surface area (Å²) in [5, 5.41) is 0. The zero-order valence-corrected chi connectivity index (χ0v) is 6.94. The van der Waals surface area contributed by atoms with E-state index in [9.17, 15) is 4.79 Å². The number of carbonyl (C=O) groups excluding carboxylic acids is 1. The van der Waals surface area contributed by atoms with Crippen molar-refractivity contribution in [2.24, 2.45) is 5.92 Å². The molecule has 0 N–H and O–H groups in total. The smallest absolute Gasteiger partial charge is 0.306 e. The first-order valence-corrected chi connectivity index (χ1v) is 3.72. The second-order valence-electron chi connectivity index (χ2n) is 3.15. The van der Waals surface area contributed by atoms with Gasteiger partial charge in [0.25, 0.3) is 0 Å². The summed E-state index contributed by atoms with van der Waals surface area (Å²) in [5.41, 5.74) is 0. The first kappa shape index (κ1) is 7.86. The molecule has 0 saturated carbocycles. The van der Waals surface area contributed by atoms with Crippen LogP contribution in [0.3, 0.4) is 0 Å². The van der Waals surface area contributed by atoms with Crippen molar-refractivity contribution in [1.29, 1.82) is 0 Å². The lowest BCUT2D eigenvalue weighted by atomic mass is 9.94. The van der Waals surface area contributed by atoms with Gasteiger partial charge in [-0.25, -0.2) is 0 Å². The number of carbonyl (C=O) groups is 1. The minimum atomic E-state index is -0.313. The van der Waals surface area contributed by atoms with E-state index < -0.39 is 0 Å². The van der Waals surface area contributed by atoms with Gasteiger partial charge < -0.3 is 4.74 Å². The molecular weight excluding hydrogens is 152 g/mol. The highest BCUT2D eigenvalue weighted by atomic mass is 35.5. The largest absolute Gasteiger partial charge is 0.465 e. The molecule has 0 aromatic heterocycles. The molecule has 1 heterocycles. The van der Waals surface area contributed by atoms with Crippen LogP contribution in [0.5, 0.6) is 0 Å². The number of ether oxygens (including phenoxy) is 1. The third-order valence-electron chi connectivity index (χ3n) is 1.83. The van der Waals surface area contributed by atoms with E-state index in [1.165, 1.54) is 0 Å². The molecule has 0 aromatic rings. The molecule has 0 amide bonds. The van der Waals surface area contributed by atoms with E-state index in [-0.39, 0.29) is 16.8 Å². The summed E-state index contributed by atoms with van der Waals surface area (Å²) in [7, 11) is 0. The Balaban J connectivity index is 2.53. The molecule has 1 fully saturated rings. The molecule has 2 nitrogen and oxygen atoms in total. The van der Waals surface area contributed by atoms with Crippen LogP contribution in [0.1, 0.15) is 20.3 Å². The Morgan fingerprint density at radius 3 is 2.50 bits per heavy atom. The number of hydrogen-bond donors (Lipinski definition) is 0. The molecule has 0 bridgehead atoms. The van der Waals surface area contributed by atoms with Crippen molar-refractivity contribution in [3.8, 4) is 0 Å². The van der Waals surface area contributed by atoms with Crippen molar-refractivity contribution < 1.29 is 9.53 Å². The number of cyclic esters (lactones) is 1. The van der Waals surface area contributed by atoms with Gasteiger partial charge in [0.1, 0.15) is 0 Å². The predicted octanol–water partition coefficient (Wildman–Crippen LogP) is 1.57. The Bertz CT molecular complexity index is 148. The quantitative estimate of drug-likeness (QED) is 0.432. The molecule has 58 valence electrons. The van der Waals surface area contributed by atoms with E-state index in [0.29, 0.717) is 13.0 Å². The molecule has 0 unspecified atom stereocenters. The zero-order valence-electron chi connectivity index (χ0n) is 6.19. The van der Waals surface area contributed by atoms with Crippen LogP contribution in [-0.2, 0) is 9.53 Å². The highest BCUT2D eigenvalue weighted by molar-refractivity contribution is 6.23. The van der Waals surface area contributed by atoms with Crippen LogP contribution in [0.2, 0.25) is 0 Å². The zero-order chi connectivity index (χ0) is 7.78. The Kier molecular flexibility index (Phi) is 1.90. The number of alkyl halides is 1. The van der Waals surface area contributed by atoms with Gasteiger partial charge in [0.05, 0.1) is 13.0 Å². The van der Waals surface area contributed by atoms with E-state index in [2.05, 4.69) is 0 Å². The summed E-state index contributed by atoms with van der Waals surface area (Å²) < 4.78 is 4.77. The molecule has 1 aliphatic heterocycles. The van der Waals surface area contributed by atoms with Crippen LogP contribution in [0, 0.1) is 5.92 Å². The van der Waals surface area contributed by atoms with Crippen molar-refractivity contribution in [3.05, 3.63) is 0 Å². The maximum absolute atomic E-state index is 10.6. The molecule has 1 aliphatic rings. The molecule has 0 radical (unpaired) electrons. The second kappa shape index (κ2) is 2.42. The van der Waals surface area contributed by atoms with Crippen LogP contribution in [0.25, 0.3) is 0 Å². The Morgan fingerprint density at radius 2 is 2.30 bits per heavy atom. The lowest BCUT2D eigenvalue weighted by Gasteiger charge is -2.20. The van der Waals surface area contributed by atoms with Gasteiger partial charge in [-0.15, -0.1) is 11.6 Å². The molecule has 10 heavy (non-hydrogen) atoms. The molecular formula is C7H11ClO2. The van der Waals surface area contributed by atoms with Gasteiger partial charge in [0.15, 0.2) is 0 Å². The predicted molar refractivity (Wildman–Crippen MR) is 39.0 cm³/mol. The normalized spacial score (nSPS) is 26.7. The van der Waals surface area contributed by atoms with Gasteiger partial charge in [0.2, 0.25) is 0 Å². The third-order valence-corrected chi connectivity index (χ3v) is 2.14. The van der Waals surface area contributed by atoms with Crippen molar-refractivity contribution in [1.82, 2.24) is 0 Å². The fourth-order valence-electron chi connectivity index (χ4n) is 0.953. The van der Waals surface area contributed by atoms with Crippen LogP contribution in [0.15, 0.2) is 0 Å². The van der Waals surface area contributed by atoms with Crippen LogP contribution >= 0.6 is 11.6 Å². The maximum Gasteiger partial charge on any atom is 0.306 e. The first-order chi connectivity index (χ1) is 4.50. The molecule has 0 aromatic carbocycles. The van der Waals surface area contributed by atoms with Crippen molar-refractivity contribution in [3.63, 3.8) is 0 Å². The van der Waals surface area contributed by atoms with Crippen molar-refractivity contribution >= 4 is 17.6 Å². The summed E-state index contributed by atoms with van der Waals surface area (Å²) in [6, 6.07) is 0. The summed E-state index contributed by atoms with van der Waals surface area (Å²) in [6.07, 6.45) is 0.469.